The second-order valence-electron chi connectivity index (χ2n) is 2.40. The Balaban J connectivity index is 2.44. The van der Waals surface area contributed by atoms with Crippen molar-refractivity contribution in [1.82, 2.24) is 15.5 Å². The molecule has 1 saturated heterocycles. The maximum atomic E-state index is 10.6. The number of nitrogens with one attached hydrogen (secondary N) is 3. The highest BCUT2D eigenvalue weighted by Gasteiger charge is 2.17. The molecule has 2 amide bonds. The molecule has 3 N–H and O–H groups in total. The van der Waals surface area contributed by atoms with Gasteiger partial charge in [0.2, 0.25) is 5.96 Å². The van der Waals surface area contributed by atoms with E-state index < -0.39 is 0 Å². The molecule has 0 spiro atoms. The Labute approximate surface area is 65.3 Å². The molecule has 1 aliphatic rings. The number of rotatable bonds is 2. The monoisotopic (exact) mass is 156 g/mol. The first kappa shape index (κ1) is 7.84. The van der Waals surface area contributed by atoms with E-state index in [-0.39, 0.29) is 12.0 Å². The summed E-state index contributed by atoms with van der Waals surface area (Å²) in [5.74, 6) is 0.190. The van der Waals surface area contributed by atoms with Gasteiger partial charge in [0.15, 0.2) is 0 Å². The van der Waals surface area contributed by atoms with Crippen LogP contribution in [0, 0.1) is 5.41 Å². The van der Waals surface area contributed by atoms with Crippen molar-refractivity contribution in [2.24, 2.45) is 0 Å². The van der Waals surface area contributed by atoms with Gasteiger partial charge in [0.05, 0.1) is 6.67 Å². The maximum absolute atomic E-state index is 10.6. The number of guanidine groups is 1. The second-order valence-corrected chi connectivity index (χ2v) is 2.40. The van der Waals surface area contributed by atoms with Crippen LogP contribution in [0.5, 0.6) is 0 Å². The molecule has 0 unspecified atom stereocenters. The van der Waals surface area contributed by atoms with Crippen molar-refractivity contribution in [3.05, 3.63) is 0 Å². The van der Waals surface area contributed by atoms with Crippen LogP contribution in [-0.4, -0.2) is 30.1 Å². The highest BCUT2D eigenvalue weighted by Crippen LogP contribution is 1.92. The normalized spacial score (nSPS) is 17.7. The fourth-order valence-electron chi connectivity index (χ4n) is 0.938. The molecule has 1 aliphatic heterocycles. The molecule has 1 rings (SSSR count). The third-order valence-electron chi connectivity index (χ3n) is 1.47. The van der Waals surface area contributed by atoms with Crippen molar-refractivity contribution < 1.29 is 4.79 Å². The summed E-state index contributed by atoms with van der Waals surface area (Å²) in [7, 11) is 0. The van der Waals surface area contributed by atoms with Gasteiger partial charge in [-0.05, 0) is 6.42 Å². The highest BCUT2D eigenvalue weighted by atomic mass is 16.2. The molecule has 1 fully saturated rings. The van der Waals surface area contributed by atoms with Crippen molar-refractivity contribution in [3.63, 3.8) is 0 Å². The lowest BCUT2D eigenvalue weighted by molar-refractivity contribution is 0.230. The molecule has 0 saturated carbocycles. The number of carbonyl (C=O) groups excluding carboxylic acids is 1. The molecule has 0 bridgehead atoms. The summed E-state index contributed by atoms with van der Waals surface area (Å²) in [4.78, 5) is 12.4. The van der Waals surface area contributed by atoms with E-state index in [0.29, 0.717) is 6.67 Å². The predicted octanol–water partition coefficient (Wildman–Crippen LogP) is -0.0965. The Morgan fingerprint density at radius 2 is 2.45 bits per heavy atom. The minimum Gasteiger partial charge on any atom is -0.325 e. The van der Waals surface area contributed by atoms with Crippen molar-refractivity contribution in [1.29, 1.82) is 5.41 Å². The summed E-state index contributed by atoms with van der Waals surface area (Å²) in [5, 5.41) is 12.3. The average molecular weight is 156 g/mol. The van der Waals surface area contributed by atoms with E-state index in [2.05, 4.69) is 10.6 Å². The number of urea groups is 1. The fraction of sp³-hybridized carbons (Fsp3) is 0.667. The van der Waals surface area contributed by atoms with Crippen LogP contribution in [-0.2, 0) is 0 Å². The van der Waals surface area contributed by atoms with Crippen molar-refractivity contribution in [2.45, 2.75) is 13.3 Å². The van der Waals surface area contributed by atoms with E-state index in [9.17, 15) is 4.79 Å². The summed E-state index contributed by atoms with van der Waals surface area (Å²) in [5.41, 5.74) is 0. The van der Waals surface area contributed by atoms with E-state index in [1.807, 2.05) is 6.92 Å². The van der Waals surface area contributed by atoms with E-state index >= 15 is 0 Å². The molecule has 0 radical (unpaired) electrons. The Bertz CT molecular complexity index is 179. The first-order chi connectivity index (χ1) is 5.24. The molecular formula is C6H12N4O. The van der Waals surface area contributed by atoms with E-state index in [1.165, 1.54) is 0 Å². The van der Waals surface area contributed by atoms with E-state index in [4.69, 9.17) is 5.41 Å². The van der Waals surface area contributed by atoms with Gasteiger partial charge in [0, 0.05) is 6.54 Å². The molecule has 1 heterocycles. The largest absolute Gasteiger partial charge is 0.325 e. The van der Waals surface area contributed by atoms with Crippen LogP contribution < -0.4 is 10.6 Å². The lowest BCUT2D eigenvalue weighted by atomic mass is 10.4. The molecule has 5 heteroatoms. The summed E-state index contributed by atoms with van der Waals surface area (Å²) in [6, 6.07) is -0.289. The smallest absolute Gasteiger partial charge is 0.322 e. The fourth-order valence-corrected chi connectivity index (χ4v) is 0.938. The van der Waals surface area contributed by atoms with Crippen LogP contribution in [0.2, 0.25) is 0 Å². The zero-order chi connectivity index (χ0) is 8.27. The Hall–Kier alpha value is -1.26. The number of hydrogen-bond acceptors (Lipinski definition) is 2. The van der Waals surface area contributed by atoms with Crippen molar-refractivity contribution in [3.8, 4) is 0 Å². The molecule has 0 atom stereocenters. The van der Waals surface area contributed by atoms with Crippen molar-refractivity contribution in [2.75, 3.05) is 13.2 Å². The standard InChI is InChI=1S/C6H12N4O/c1-2-3-10-4-8-6(11)9-5(10)7/h2-4H2,1H3,(H3,7,8,9,11). The van der Waals surface area contributed by atoms with Crippen LogP contribution in [0.25, 0.3) is 0 Å². The van der Waals surface area contributed by atoms with Crippen LogP contribution in [0.15, 0.2) is 0 Å². The Morgan fingerprint density at radius 3 is 3.00 bits per heavy atom. The van der Waals surface area contributed by atoms with Crippen molar-refractivity contribution >= 4 is 12.0 Å². The molecule has 11 heavy (non-hydrogen) atoms. The first-order valence-electron chi connectivity index (χ1n) is 3.62. The molecule has 0 aromatic rings. The molecule has 5 nitrogen and oxygen atoms in total. The van der Waals surface area contributed by atoms with Gasteiger partial charge >= 0.3 is 6.03 Å². The van der Waals surface area contributed by atoms with Gasteiger partial charge in [-0.3, -0.25) is 10.7 Å². The summed E-state index contributed by atoms with van der Waals surface area (Å²) in [6.45, 7) is 3.27. The maximum Gasteiger partial charge on any atom is 0.322 e. The molecule has 0 aromatic carbocycles. The first-order valence-corrected chi connectivity index (χ1v) is 3.62. The Morgan fingerprint density at radius 1 is 1.73 bits per heavy atom. The van der Waals surface area contributed by atoms with Gasteiger partial charge in [-0.25, -0.2) is 4.79 Å². The van der Waals surface area contributed by atoms with Gasteiger partial charge < -0.3 is 10.2 Å². The quantitative estimate of drug-likeness (QED) is 0.522. The van der Waals surface area contributed by atoms with Crippen LogP contribution >= 0.6 is 0 Å². The minimum atomic E-state index is -0.289. The SMILES string of the molecule is CCCN1CNC(=O)NC1=N. The minimum absolute atomic E-state index is 0.190. The predicted molar refractivity (Wildman–Crippen MR) is 41.3 cm³/mol. The van der Waals surface area contributed by atoms with Gasteiger partial charge in [-0.1, -0.05) is 6.92 Å². The van der Waals surface area contributed by atoms with Gasteiger partial charge in [-0.2, -0.15) is 0 Å². The number of nitrogens with zero attached hydrogens (tertiary/aromatic N) is 1. The lowest BCUT2D eigenvalue weighted by Gasteiger charge is -2.29. The summed E-state index contributed by atoms with van der Waals surface area (Å²) >= 11 is 0. The molecule has 62 valence electrons. The number of carbonyl (C=O) groups is 1. The summed E-state index contributed by atoms with van der Waals surface area (Å²) in [6.07, 6.45) is 0.972. The molecule has 0 aromatic heterocycles. The highest BCUT2D eigenvalue weighted by molar-refractivity contribution is 5.96. The third-order valence-corrected chi connectivity index (χ3v) is 1.47. The average Bonchev–Trinajstić information content (AvgIpc) is 1.95. The summed E-state index contributed by atoms with van der Waals surface area (Å²) < 4.78 is 0. The third kappa shape index (κ3) is 1.83. The van der Waals surface area contributed by atoms with Gasteiger partial charge in [0.1, 0.15) is 0 Å². The second kappa shape index (κ2) is 3.23. The van der Waals surface area contributed by atoms with E-state index in [1.54, 1.807) is 4.90 Å². The Kier molecular flexibility index (Phi) is 2.30. The number of amides is 2. The molecule has 0 aliphatic carbocycles. The van der Waals surface area contributed by atoms with Crippen LogP contribution in [0.3, 0.4) is 0 Å². The zero-order valence-electron chi connectivity index (χ0n) is 6.48. The van der Waals surface area contributed by atoms with E-state index in [0.717, 1.165) is 13.0 Å². The zero-order valence-corrected chi connectivity index (χ0v) is 6.48. The lowest BCUT2D eigenvalue weighted by Crippen LogP contribution is -2.57. The number of hydrogen-bond donors (Lipinski definition) is 3. The molecular weight excluding hydrogens is 144 g/mol. The van der Waals surface area contributed by atoms with Gasteiger partial charge in [-0.15, -0.1) is 0 Å². The van der Waals surface area contributed by atoms with Crippen LogP contribution in [0.1, 0.15) is 13.3 Å². The van der Waals surface area contributed by atoms with Crippen LogP contribution in [0.4, 0.5) is 4.79 Å². The van der Waals surface area contributed by atoms with Gasteiger partial charge in [0.25, 0.3) is 0 Å². The topological polar surface area (TPSA) is 68.2 Å².